The van der Waals surface area contributed by atoms with E-state index in [1.807, 2.05) is 0 Å². The van der Waals surface area contributed by atoms with Gasteiger partial charge in [0.2, 0.25) is 0 Å². The number of carbonyl (C=O) groups excluding carboxylic acids is 2. The van der Waals surface area contributed by atoms with E-state index in [4.69, 9.17) is 23.7 Å². The molecule has 3 saturated heterocycles. The Balaban J connectivity index is 1.57. The van der Waals surface area contributed by atoms with Crippen LogP contribution in [0.2, 0.25) is 0 Å². The molecule has 8 heteroatoms. The van der Waals surface area contributed by atoms with Gasteiger partial charge in [-0.1, -0.05) is 12.1 Å². The lowest BCUT2D eigenvalue weighted by Gasteiger charge is -2.36. The first-order chi connectivity index (χ1) is 13.0. The molecule has 152 valence electrons. The number of ether oxygens (including phenoxy) is 5. The van der Waals surface area contributed by atoms with Crippen LogP contribution in [0.1, 0.15) is 45.0 Å². The summed E-state index contributed by atoms with van der Waals surface area (Å²) < 4.78 is 29.6. The maximum Gasteiger partial charge on any atom is 0.256 e. The first-order valence-electron chi connectivity index (χ1n) is 9.33. The number of amides is 1. The SMILES string of the molecule is CC(=O)c1cccc(NC(=O)[C@@H]2O[C@@H]3OC(C)(C)O[C@@H]3[C@@H]3OC(C)(C)O[C@H]32)c1. The van der Waals surface area contributed by atoms with E-state index in [0.29, 0.717) is 11.3 Å². The third kappa shape index (κ3) is 3.58. The number of carbonyl (C=O) groups is 2. The van der Waals surface area contributed by atoms with Crippen LogP contribution in [-0.2, 0) is 28.5 Å². The maximum atomic E-state index is 13.0. The summed E-state index contributed by atoms with van der Waals surface area (Å²) in [5.41, 5.74) is 1.01. The molecule has 1 N–H and O–H groups in total. The van der Waals surface area contributed by atoms with E-state index in [0.717, 1.165) is 0 Å². The Morgan fingerprint density at radius 2 is 1.57 bits per heavy atom. The predicted molar refractivity (Wildman–Crippen MR) is 97.6 cm³/mol. The molecule has 1 aromatic carbocycles. The summed E-state index contributed by atoms with van der Waals surface area (Å²) in [6, 6.07) is 6.73. The molecular formula is C20H25NO7. The molecule has 0 radical (unpaired) electrons. The van der Waals surface area contributed by atoms with Gasteiger partial charge in [-0.25, -0.2) is 0 Å². The van der Waals surface area contributed by atoms with Gasteiger partial charge in [0.15, 0.2) is 29.8 Å². The third-order valence-corrected chi connectivity index (χ3v) is 4.95. The van der Waals surface area contributed by atoms with Crippen LogP contribution < -0.4 is 5.32 Å². The van der Waals surface area contributed by atoms with Crippen LogP contribution in [0.5, 0.6) is 0 Å². The van der Waals surface area contributed by atoms with Crippen molar-refractivity contribution in [2.24, 2.45) is 0 Å². The van der Waals surface area contributed by atoms with Crippen LogP contribution in [0.3, 0.4) is 0 Å². The number of fused-ring (bicyclic) bond motifs is 3. The third-order valence-electron chi connectivity index (χ3n) is 4.95. The van der Waals surface area contributed by atoms with Crippen molar-refractivity contribution in [2.75, 3.05) is 5.32 Å². The first-order valence-corrected chi connectivity index (χ1v) is 9.33. The first kappa shape index (κ1) is 19.5. The number of Topliss-reactive ketones (excluding diaryl/α,β-unsaturated/α-hetero) is 1. The van der Waals surface area contributed by atoms with Crippen molar-refractivity contribution in [3.05, 3.63) is 29.8 Å². The van der Waals surface area contributed by atoms with Crippen molar-refractivity contribution >= 4 is 17.4 Å². The van der Waals surface area contributed by atoms with Crippen molar-refractivity contribution in [2.45, 2.75) is 76.9 Å². The van der Waals surface area contributed by atoms with E-state index < -0.39 is 48.2 Å². The topological polar surface area (TPSA) is 92.3 Å². The molecule has 4 rings (SSSR count). The molecule has 28 heavy (non-hydrogen) atoms. The molecule has 1 amide bonds. The second-order valence-electron chi connectivity index (χ2n) is 8.22. The average Bonchev–Trinajstić information content (AvgIpc) is 3.08. The van der Waals surface area contributed by atoms with Crippen molar-refractivity contribution < 1.29 is 33.3 Å². The molecule has 3 aliphatic rings. The van der Waals surface area contributed by atoms with Crippen LogP contribution in [0.15, 0.2) is 24.3 Å². The summed E-state index contributed by atoms with van der Waals surface area (Å²) in [5, 5.41) is 2.80. The minimum Gasteiger partial charge on any atom is -0.342 e. The molecule has 3 fully saturated rings. The van der Waals surface area contributed by atoms with Crippen molar-refractivity contribution in [3.8, 4) is 0 Å². The van der Waals surface area contributed by atoms with Crippen molar-refractivity contribution in [1.82, 2.24) is 0 Å². The molecule has 0 unspecified atom stereocenters. The molecule has 5 atom stereocenters. The van der Waals surface area contributed by atoms with Gasteiger partial charge in [0.1, 0.15) is 18.3 Å². The van der Waals surface area contributed by atoms with E-state index in [1.165, 1.54) is 6.92 Å². The van der Waals surface area contributed by atoms with Crippen molar-refractivity contribution in [3.63, 3.8) is 0 Å². The zero-order valence-electron chi connectivity index (χ0n) is 16.6. The highest BCUT2D eigenvalue weighted by atomic mass is 16.9. The smallest absolute Gasteiger partial charge is 0.256 e. The number of rotatable bonds is 3. The Morgan fingerprint density at radius 3 is 2.29 bits per heavy atom. The van der Waals surface area contributed by atoms with Crippen molar-refractivity contribution in [1.29, 1.82) is 0 Å². The van der Waals surface area contributed by atoms with Gasteiger partial charge in [0, 0.05) is 11.3 Å². The molecule has 0 bridgehead atoms. The molecule has 1 aromatic rings. The largest absolute Gasteiger partial charge is 0.342 e. The van der Waals surface area contributed by atoms with E-state index >= 15 is 0 Å². The highest BCUT2D eigenvalue weighted by molar-refractivity contribution is 5.98. The fraction of sp³-hybridized carbons (Fsp3) is 0.600. The van der Waals surface area contributed by atoms with E-state index in [1.54, 1.807) is 52.0 Å². The monoisotopic (exact) mass is 391 g/mol. The zero-order valence-corrected chi connectivity index (χ0v) is 16.6. The summed E-state index contributed by atoms with van der Waals surface area (Å²) in [6.45, 7) is 8.61. The number of hydrogen-bond acceptors (Lipinski definition) is 7. The highest BCUT2D eigenvalue weighted by Gasteiger charge is 2.62. The Morgan fingerprint density at radius 1 is 0.929 bits per heavy atom. The lowest BCUT2D eigenvalue weighted by atomic mass is 9.98. The summed E-state index contributed by atoms with van der Waals surface area (Å²) in [7, 11) is 0. The summed E-state index contributed by atoms with van der Waals surface area (Å²) in [4.78, 5) is 24.6. The molecule has 8 nitrogen and oxygen atoms in total. The minimum absolute atomic E-state index is 0.0825. The van der Waals surface area contributed by atoms with E-state index in [-0.39, 0.29) is 5.78 Å². The van der Waals surface area contributed by atoms with Gasteiger partial charge in [0.05, 0.1) is 0 Å². The van der Waals surface area contributed by atoms with Gasteiger partial charge in [-0.15, -0.1) is 0 Å². The normalized spacial score (nSPS) is 35.1. The second kappa shape index (κ2) is 6.60. The Labute approximate surface area is 163 Å². The quantitative estimate of drug-likeness (QED) is 0.790. The Hall–Kier alpha value is -1.84. The van der Waals surface area contributed by atoms with E-state index in [9.17, 15) is 9.59 Å². The minimum atomic E-state index is -0.952. The van der Waals surface area contributed by atoms with Gasteiger partial charge in [-0.2, -0.15) is 0 Å². The fourth-order valence-corrected chi connectivity index (χ4v) is 3.85. The van der Waals surface area contributed by atoms with E-state index in [2.05, 4.69) is 5.32 Å². The zero-order chi connectivity index (χ0) is 20.3. The van der Waals surface area contributed by atoms with Gasteiger partial charge in [0.25, 0.3) is 5.91 Å². The second-order valence-corrected chi connectivity index (χ2v) is 8.22. The number of hydrogen-bond donors (Lipinski definition) is 1. The van der Waals surface area contributed by atoms with Gasteiger partial charge < -0.3 is 29.0 Å². The number of benzene rings is 1. The molecule has 3 heterocycles. The Kier molecular flexibility index (Phi) is 4.59. The molecule has 0 aliphatic carbocycles. The van der Waals surface area contributed by atoms with Gasteiger partial charge >= 0.3 is 0 Å². The lowest BCUT2D eigenvalue weighted by Crippen LogP contribution is -2.58. The van der Waals surface area contributed by atoms with Gasteiger partial charge in [-0.05, 0) is 46.8 Å². The maximum absolute atomic E-state index is 13.0. The van der Waals surface area contributed by atoms with Gasteiger partial charge in [-0.3, -0.25) is 9.59 Å². The molecule has 3 aliphatic heterocycles. The summed E-state index contributed by atoms with van der Waals surface area (Å²) >= 11 is 0. The lowest BCUT2D eigenvalue weighted by molar-refractivity contribution is -0.229. The van der Waals surface area contributed by atoms with Crippen LogP contribution >= 0.6 is 0 Å². The number of anilines is 1. The van der Waals surface area contributed by atoms with Crippen LogP contribution in [0, 0.1) is 0 Å². The summed E-state index contributed by atoms with van der Waals surface area (Å²) in [5.74, 6) is -2.21. The Bertz CT molecular complexity index is 805. The summed E-state index contributed by atoms with van der Waals surface area (Å²) in [6.07, 6.45) is -3.34. The molecule has 0 spiro atoms. The fourth-order valence-electron chi connectivity index (χ4n) is 3.85. The highest BCUT2D eigenvalue weighted by Crippen LogP contribution is 2.44. The molecule has 0 saturated carbocycles. The molecule has 0 aromatic heterocycles. The van der Waals surface area contributed by atoms with Crippen LogP contribution in [0.25, 0.3) is 0 Å². The van der Waals surface area contributed by atoms with Crippen LogP contribution in [0.4, 0.5) is 5.69 Å². The standard InChI is InChI=1S/C20H25NO7/c1-10(22)11-7-6-8-12(9-11)21-17(23)15-13-14(26-19(2,3)25-13)16-18(24-15)28-20(4,5)27-16/h6-9,13-16,18H,1-5H3,(H,21,23)/t13-,14-,15-,16-,18-/m1/s1. The predicted octanol–water partition coefficient (Wildman–Crippen LogP) is 2.22. The molecular weight excluding hydrogens is 366 g/mol. The number of ketones is 1. The van der Waals surface area contributed by atoms with Crippen LogP contribution in [-0.4, -0.2) is 54.0 Å². The number of nitrogens with one attached hydrogen (secondary N) is 1. The average molecular weight is 391 g/mol.